The number of hydrogen-bond donors (Lipinski definition) is 2. The molecule has 0 bridgehead atoms. The molecule has 2 aromatic rings. The van der Waals surface area contributed by atoms with Crippen LogP contribution in [-0.4, -0.2) is 42.0 Å². The highest BCUT2D eigenvalue weighted by molar-refractivity contribution is 14.0. The van der Waals surface area contributed by atoms with Crippen LogP contribution in [0.3, 0.4) is 0 Å². The Morgan fingerprint density at radius 1 is 0.966 bits per heavy atom. The molecule has 7 heteroatoms. The van der Waals surface area contributed by atoms with Crippen molar-refractivity contribution in [2.45, 2.75) is 40.3 Å². The largest absolute Gasteiger partial charge is 0.357 e. The van der Waals surface area contributed by atoms with Crippen LogP contribution in [0.2, 0.25) is 5.15 Å². The average Bonchev–Trinajstić information content (AvgIpc) is 2.72. The summed E-state index contributed by atoms with van der Waals surface area (Å²) in [6.07, 6.45) is 2.68. The third kappa shape index (κ3) is 9.78. The van der Waals surface area contributed by atoms with Crippen LogP contribution in [0.1, 0.15) is 37.5 Å². The Morgan fingerprint density at radius 3 is 2.21 bits per heavy atom. The second-order valence-electron chi connectivity index (χ2n) is 6.64. The van der Waals surface area contributed by atoms with Gasteiger partial charge in [-0.2, -0.15) is 0 Å². The summed E-state index contributed by atoms with van der Waals surface area (Å²) in [6.45, 7) is 11.9. The van der Waals surface area contributed by atoms with E-state index in [0.717, 1.165) is 50.7 Å². The molecule has 1 heterocycles. The summed E-state index contributed by atoms with van der Waals surface area (Å²) in [5.74, 6) is 0.830. The number of pyridine rings is 1. The van der Waals surface area contributed by atoms with Gasteiger partial charge >= 0.3 is 0 Å². The summed E-state index contributed by atoms with van der Waals surface area (Å²) in [7, 11) is 0. The Hall–Kier alpha value is -1.38. The maximum Gasteiger partial charge on any atom is 0.191 e. The molecule has 1 aromatic heterocycles. The van der Waals surface area contributed by atoms with E-state index in [1.54, 1.807) is 0 Å². The summed E-state index contributed by atoms with van der Waals surface area (Å²) >= 11 is 5.83. The van der Waals surface area contributed by atoms with Gasteiger partial charge in [-0.1, -0.05) is 55.8 Å². The molecule has 5 nitrogen and oxygen atoms in total. The van der Waals surface area contributed by atoms with E-state index in [2.05, 4.69) is 65.6 Å². The first kappa shape index (κ1) is 25.7. The molecule has 2 rings (SSSR count). The van der Waals surface area contributed by atoms with Crippen molar-refractivity contribution in [1.82, 2.24) is 20.5 Å². The van der Waals surface area contributed by atoms with Crippen molar-refractivity contribution >= 4 is 41.5 Å². The van der Waals surface area contributed by atoms with Gasteiger partial charge in [-0.3, -0.25) is 4.90 Å². The minimum absolute atomic E-state index is 0. The van der Waals surface area contributed by atoms with E-state index in [0.29, 0.717) is 11.7 Å². The quantitative estimate of drug-likeness (QED) is 0.206. The summed E-state index contributed by atoms with van der Waals surface area (Å²) in [4.78, 5) is 11.2. The zero-order valence-electron chi connectivity index (χ0n) is 17.6. The van der Waals surface area contributed by atoms with Crippen molar-refractivity contribution in [3.63, 3.8) is 0 Å². The predicted octanol–water partition coefficient (Wildman–Crippen LogP) is 4.49. The standard InChI is InChI=1S/C22H32ClN5.HI/c1-4-24-22(25-14-13-19-11-12-21(23)26-15-19)27-16-18-7-9-20(10-8-18)17-28(5-2)6-3;/h7-12,15H,4-6,13-14,16-17H2,1-3H3,(H2,24,25,27);1H. The molecule has 2 N–H and O–H groups in total. The van der Waals surface area contributed by atoms with Gasteiger partial charge < -0.3 is 10.6 Å². The summed E-state index contributed by atoms with van der Waals surface area (Å²) in [5, 5.41) is 7.20. The van der Waals surface area contributed by atoms with Gasteiger partial charge in [0.25, 0.3) is 0 Å². The Bertz CT molecular complexity index is 715. The number of nitrogens with zero attached hydrogens (tertiary/aromatic N) is 3. The maximum atomic E-state index is 5.83. The predicted molar refractivity (Wildman–Crippen MR) is 134 cm³/mol. The van der Waals surface area contributed by atoms with Crippen molar-refractivity contribution in [1.29, 1.82) is 0 Å². The molecule has 0 atom stereocenters. The summed E-state index contributed by atoms with van der Waals surface area (Å²) < 4.78 is 0. The van der Waals surface area contributed by atoms with Gasteiger partial charge in [0.1, 0.15) is 5.15 Å². The highest BCUT2D eigenvalue weighted by Gasteiger charge is 2.02. The van der Waals surface area contributed by atoms with Crippen molar-refractivity contribution in [2.75, 3.05) is 26.2 Å². The Morgan fingerprint density at radius 2 is 1.62 bits per heavy atom. The molecule has 0 unspecified atom stereocenters. The van der Waals surface area contributed by atoms with Crippen LogP contribution in [0.4, 0.5) is 0 Å². The molecular weight excluding hydrogens is 497 g/mol. The molecule has 29 heavy (non-hydrogen) atoms. The second-order valence-corrected chi connectivity index (χ2v) is 7.03. The first-order valence-electron chi connectivity index (χ1n) is 10.1. The lowest BCUT2D eigenvalue weighted by atomic mass is 10.1. The topological polar surface area (TPSA) is 52.6 Å². The number of hydrogen-bond acceptors (Lipinski definition) is 3. The number of aliphatic imine (C=N–C) groups is 1. The molecule has 0 amide bonds. The highest BCUT2D eigenvalue weighted by Crippen LogP contribution is 2.09. The minimum Gasteiger partial charge on any atom is -0.357 e. The van der Waals surface area contributed by atoms with Crippen molar-refractivity contribution in [3.05, 3.63) is 64.4 Å². The fraction of sp³-hybridized carbons (Fsp3) is 0.455. The molecule has 0 fully saturated rings. The first-order valence-corrected chi connectivity index (χ1v) is 10.4. The molecule has 0 aliphatic heterocycles. The van der Waals surface area contributed by atoms with Crippen LogP contribution in [0.15, 0.2) is 47.6 Å². The number of nitrogens with one attached hydrogen (secondary N) is 2. The van der Waals surface area contributed by atoms with Crippen LogP contribution in [0.5, 0.6) is 0 Å². The second kappa shape index (κ2) is 14.6. The number of halogens is 2. The van der Waals surface area contributed by atoms with Crippen molar-refractivity contribution in [3.8, 4) is 0 Å². The molecule has 0 saturated heterocycles. The number of rotatable bonds is 10. The van der Waals surface area contributed by atoms with E-state index in [1.807, 2.05) is 18.3 Å². The van der Waals surface area contributed by atoms with Crippen LogP contribution < -0.4 is 10.6 Å². The minimum atomic E-state index is 0. The average molecular weight is 530 g/mol. The van der Waals surface area contributed by atoms with Gasteiger partial charge in [-0.25, -0.2) is 9.98 Å². The maximum absolute atomic E-state index is 5.83. The Balaban J connectivity index is 0.00000420. The molecular formula is C22H33ClIN5. The normalized spacial score (nSPS) is 11.3. The van der Waals surface area contributed by atoms with Crippen LogP contribution in [0.25, 0.3) is 0 Å². The fourth-order valence-corrected chi connectivity index (χ4v) is 2.96. The van der Waals surface area contributed by atoms with Crippen molar-refractivity contribution < 1.29 is 0 Å². The van der Waals surface area contributed by atoms with E-state index >= 15 is 0 Å². The Kier molecular flexibility index (Phi) is 12.9. The molecule has 0 saturated carbocycles. The highest BCUT2D eigenvalue weighted by atomic mass is 127. The van der Waals surface area contributed by atoms with Gasteiger partial charge in [0.15, 0.2) is 5.96 Å². The van der Waals surface area contributed by atoms with E-state index in [1.165, 1.54) is 11.1 Å². The third-order valence-electron chi connectivity index (χ3n) is 4.58. The lowest BCUT2D eigenvalue weighted by Crippen LogP contribution is -2.38. The number of benzene rings is 1. The molecule has 0 radical (unpaired) electrons. The molecule has 0 aliphatic carbocycles. The zero-order valence-corrected chi connectivity index (χ0v) is 20.7. The van der Waals surface area contributed by atoms with Gasteiger partial charge in [0.2, 0.25) is 0 Å². The van der Waals surface area contributed by atoms with Crippen LogP contribution in [0, 0.1) is 0 Å². The first-order chi connectivity index (χ1) is 13.6. The smallest absolute Gasteiger partial charge is 0.191 e. The van der Waals surface area contributed by atoms with E-state index in [9.17, 15) is 0 Å². The van der Waals surface area contributed by atoms with Gasteiger partial charge in [-0.15, -0.1) is 24.0 Å². The van der Waals surface area contributed by atoms with Gasteiger partial charge in [0, 0.05) is 25.8 Å². The van der Waals surface area contributed by atoms with Crippen molar-refractivity contribution in [2.24, 2.45) is 4.99 Å². The fourth-order valence-electron chi connectivity index (χ4n) is 2.85. The summed E-state index contributed by atoms with van der Waals surface area (Å²) in [6, 6.07) is 12.6. The zero-order chi connectivity index (χ0) is 20.2. The number of aromatic nitrogens is 1. The SMILES string of the molecule is CCNC(=NCc1ccc(CN(CC)CC)cc1)NCCc1ccc(Cl)nc1.I. The monoisotopic (exact) mass is 529 g/mol. The summed E-state index contributed by atoms with van der Waals surface area (Å²) in [5.41, 5.74) is 3.71. The van der Waals surface area contributed by atoms with Crippen LogP contribution in [-0.2, 0) is 19.5 Å². The van der Waals surface area contributed by atoms with Gasteiger partial charge in [0.05, 0.1) is 6.54 Å². The Labute approximate surface area is 197 Å². The lowest BCUT2D eigenvalue weighted by Gasteiger charge is -2.18. The molecule has 160 valence electrons. The molecule has 0 spiro atoms. The van der Waals surface area contributed by atoms with E-state index < -0.39 is 0 Å². The van der Waals surface area contributed by atoms with Crippen LogP contribution >= 0.6 is 35.6 Å². The molecule has 1 aromatic carbocycles. The lowest BCUT2D eigenvalue weighted by molar-refractivity contribution is 0.296. The van der Waals surface area contributed by atoms with Gasteiger partial charge in [-0.05, 0) is 49.2 Å². The van der Waals surface area contributed by atoms with E-state index in [4.69, 9.17) is 16.6 Å². The number of guanidine groups is 1. The molecule has 0 aliphatic rings. The third-order valence-corrected chi connectivity index (χ3v) is 4.81. The van der Waals surface area contributed by atoms with E-state index in [-0.39, 0.29) is 24.0 Å².